The summed E-state index contributed by atoms with van der Waals surface area (Å²) < 4.78 is 11.1. The Morgan fingerprint density at radius 2 is 2.29 bits per heavy atom. The van der Waals surface area contributed by atoms with Crippen LogP contribution in [0.25, 0.3) is 0 Å². The second kappa shape index (κ2) is 6.38. The van der Waals surface area contributed by atoms with Gasteiger partial charge in [0.2, 0.25) is 0 Å². The van der Waals surface area contributed by atoms with Gasteiger partial charge in [-0.3, -0.25) is 0 Å². The van der Waals surface area contributed by atoms with E-state index in [1.165, 1.54) is 12.8 Å². The van der Waals surface area contributed by atoms with Gasteiger partial charge in [-0.15, -0.1) is 0 Å². The minimum atomic E-state index is 0.315. The van der Waals surface area contributed by atoms with Crippen molar-refractivity contribution in [1.29, 1.82) is 0 Å². The summed E-state index contributed by atoms with van der Waals surface area (Å²) in [6, 6.07) is 0.442. The average molecular weight is 201 g/mol. The van der Waals surface area contributed by atoms with E-state index in [0.29, 0.717) is 18.1 Å². The monoisotopic (exact) mass is 201 g/mol. The fraction of sp³-hybridized carbons (Fsp3) is 1.00. The standard InChI is InChI=1S/C11H23NO2/c1-9(2)14-8-11(12-3)10-5-4-6-13-7-10/h9-12H,4-8H2,1-3H3. The Labute approximate surface area is 87.2 Å². The van der Waals surface area contributed by atoms with E-state index < -0.39 is 0 Å². The third kappa shape index (κ3) is 3.95. The molecule has 14 heavy (non-hydrogen) atoms. The first-order valence-corrected chi connectivity index (χ1v) is 5.60. The summed E-state index contributed by atoms with van der Waals surface area (Å²) in [4.78, 5) is 0. The molecule has 3 nitrogen and oxygen atoms in total. The van der Waals surface area contributed by atoms with Crippen LogP contribution in [0.15, 0.2) is 0 Å². The van der Waals surface area contributed by atoms with Gasteiger partial charge < -0.3 is 14.8 Å². The highest BCUT2D eigenvalue weighted by Crippen LogP contribution is 2.17. The van der Waals surface area contributed by atoms with Gasteiger partial charge in [-0.1, -0.05) is 0 Å². The molecule has 84 valence electrons. The highest BCUT2D eigenvalue weighted by Gasteiger charge is 2.23. The SMILES string of the molecule is CNC(COC(C)C)C1CCCOC1. The van der Waals surface area contributed by atoms with Crippen molar-refractivity contribution >= 4 is 0 Å². The van der Waals surface area contributed by atoms with E-state index in [1.807, 2.05) is 7.05 Å². The Balaban J connectivity index is 2.28. The lowest BCUT2D eigenvalue weighted by atomic mass is 9.94. The van der Waals surface area contributed by atoms with Crippen molar-refractivity contribution in [1.82, 2.24) is 5.32 Å². The maximum Gasteiger partial charge on any atom is 0.0626 e. The zero-order chi connectivity index (χ0) is 10.4. The quantitative estimate of drug-likeness (QED) is 0.730. The number of hydrogen-bond acceptors (Lipinski definition) is 3. The van der Waals surface area contributed by atoms with E-state index in [0.717, 1.165) is 19.8 Å². The fourth-order valence-electron chi connectivity index (χ4n) is 1.83. The lowest BCUT2D eigenvalue weighted by Gasteiger charge is -2.30. The first kappa shape index (κ1) is 12.0. The maximum absolute atomic E-state index is 5.63. The minimum absolute atomic E-state index is 0.315. The molecular weight excluding hydrogens is 178 g/mol. The predicted octanol–water partition coefficient (Wildman–Crippen LogP) is 1.43. The van der Waals surface area contributed by atoms with Gasteiger partial charge in [0.25, 0.3) is 0 Å². The Morgan fingerprint density at radius 3 is 2.79 bits per heavy atom. The van der Waals surface area contributed by atoms with Gasteiger partial charge in [-0.25, -0.2) is 0 Å². The molecule has 1 aliphatic rings. The third-order valence-corrected chi connectivity index (χ3v) is 2.74. The number of rotatable bonds is 5. The van der Waals surface area contributed by atoms with Crippen LogP contribution in [0.4, 0.5) is 0 Å². The molecule has 1 rings (SSSR count). The molecule has 0 aliphatic carbocycles. The van der Waals surface area contributed by atoms with Gasteiger partial charge >= 0.3 is 0 Å². The van der Waals surface area contributed by atoms with Crippen molar-refractivity contribution in [3.05, 3.63) is 0 Å². The molecular formula is C11H23NO2. The highest BCUT2D eigenvalue weighted by molar-refractivity contribution is 4.77. The van der Waals surface area contributed by atoms with Crippen molar-refractivity contribution in [3.8, 4) is 0 Å². The van der Waals surface area contributed by atoms with Crippen LogP contribution in [0.1, 0.15) is 26.7 Å². The summed E-state index contributed by atoms with van der Waals surface area (Å²) in [5.41, 5.74) is 0. The van der Waals surface area contributed by atoms with Gasteiger partial charge in [0.15, 0.2) is 0 Å². The summed E-state index contributed by atoms with van der Waals surface area (Å²) in [6.45, 7) is 6.75. The Hall–Kier alpha value is -0.120. The molecule has 0 bridgehead atoms. The van der Waals surface area contributed by atoms with Crippen LogP contribution in [-0.2, 0) is 9.47 Å². The minimum Gasteiger partial charge on any atom is -0.381 e. The molecule has 0 aromatic carbocycles. The first-order chi connectivity index (χ1) is 6.74. The molecule has 1 saturated heterocycles. The largest absolute Gasteiger partial charge is 0.381 e. The van der Waals surface area contributed by atoms with E-state index >= 15 is 0 Å². The van der Waals surface area contributed by atoms with Crippen LogP contribution < -0.4 is 5.32 Å². The van der Waals surface area contributed by atoms with Gasteiger partial charge in [0.1, 0.15) is 0 Å². The molecule has 0 radical (unpaired) electrons. The highest BCUT2D eigenvalue weighted by atomic mass is 16.5. The number of likely N-dealkylation sites (N-methyl/N-ethyl adjacent to an activating group) is 1. The van der Waals surface area contributed by atoms with Crippen molar-refractivity contribution in [2.75, 3.05) is 26.9 Å². The molecule has 1 fully saturated rings. The molecule has 1 N–H and O–H groups in total. The van der Waals surface area contributed by atoms with Crippen LogP contribution in [-0.4, -0.2) is 39.0 Å². The van der Waals surface area contributed by atoms with Crippen LogP contribution in [0.3, 0.4) is 0 Å². The van der Waals surface area contributed by atoms with Gasteiger partial charge in [-0.05, 0) is 39.7 Å². The van der Waals surface area contributed by atoms with Gasteiger partial charge in [-0.2, -0.15) is 0 Å². The Morgan fingerprint density at radius 1 is 1.50 bits per heavy atom. The molecule has 0 saturated carbocycles. The molecule has 2 unspecified atom stereocenters. The number of hydrogen-bond donors (Lipinski definition) is 1. The van der Waals surface area contributed by atoms with Gasteiger partial charge in [0, 0.05) is 12.6 Å². The molecule has 0 aromatic heterocycles. The van der Waals surface area contributed by atoms with E-state index in [-0.39, 0.29) is 0 Å². The van der Waals surface area contributed by atoms with E-state index in [9.17, 15) is 0 Å². The molecule has 1 aliphatic heterocycles. The van der Waals surface area contributed by atoms with Crippen molar-refractivity contribution in [2.24, 2.45) is 5.92 Å². The summed E-state index contributed by atoms with van der Waals surface area (Å²) in [7, 11) is 2.00. The summed E-state index contributed by atoms with van der Waals surface area (Å²) in [5, 5.41) is 3.32. The Kier molecular flexibility index (Phi) is 5.45. The second-order valence-corrected chi connectivity index (χ2v) is 4.25. The van der Waals surface area contributed by atoms with E-state index in [4.69, 9.17) is 9.47 Å². The van der Waals surface area contributed by atoms with Crippen LogP contribution in [0.5, 0.6) is 0 Å². The van der Waals surface area contributed by atoms with Crippen LogP contribution >= 0.6 is 0 Å². The molecule has 3 heteroatoms. The van der Waals surface area contributed by atoms with Crippen molar-refractivity contribution in [2.45, 2.75) is 38.8 Å². The molecule has 0 spiro atoms. The molecule has 0 aromatic rings. The van der Waals surface area contributed by atoms with Crippen molar-refractivity contribution < 1.29 is 9.47 Å². The zero-order valence-electron chi connectivity index (χ0n) is 9.58. The summed E-state index contributed by atoms with van der Waals surface area (Å²) >= 11 is 0. The summed E-state index contributed by atoms with van der Waals surface area (Å²) in [5.74, 6) is 0.618. The normalized spacial score (nSPS) is 25.3. The summed E-state index contributed by atoms with van der Waals surface area (Å²) in [6.07, 6.45) is 2.76. The molecule has 1 heterocycles. The smallest absolute Gasteiger partial charge is 0.0626 e. The molecule has 2 atom stereocenters. The number of ether oxygens (including phenoxy) is 2. The lowest BCUT2D eigenvalue weighted by Crippen LogP contribution is -2.42. The maximum atomic E-state index is 5.63. The third-order valence-electron chi connectivity index (χ3n) is 2.74. The van der Waals surface area contributed by atoms with Crippen LogP contribution in [0.2, 0.25) is 0 Å². The lowest BCUT2D eigenvalue weighted by molar-refractivity contribution is 0.00255. The average Bonchev–Trinajstić information content (AvgIpc) is 2.20. The Bertz CT molecular complexity index is 144. The van der Waals surface area contributed by atoms with Crippen molar-refractivity contribution in [3.63, 3.8) is 0 Å². The van der Waals surface area contributed by atoms with Crippen LogP contribution in [0, 0.1) is 5.92 Å². The predicted molar refractivity (Wildman–Crippen MR) is 57.5 cm³/mol. The van der Waals surface area contributed by atoms with E-state index in [1.54, 1.807) is 0 Å². The fourth-order valence-corrected chi connectivity index (χ4v) is 1.83. The number of nitrogens with one attached hydrogen (secondary N) is 1. The first-order valence-electron chi connectivity index (χ1n) is 5.60. The second-order valence-electron chi connectivity index (χ2n) is 4.25. The zero-order valence-corrected chi connectivity index (χ0v) is 9.58. The molecule has 0 amide bonds. The topological polar surface area (TPSA) is 30.5 Å². The van der Waals surface area contributed by atoms with E-state index in [2.05, 4.69) is 19.2 Å². The van der Waals surface area contributed by atoms with Gasteiger partial charge in [0.05, 0.1) is 19.3 Å².